The first-order valence-corrected chi connectivity index (χ1v) is 5.34. The molecule has 0 saturated heterocycles. The fraction of sp³-hybridized carbons (Fsp3) is 0.500. The number of hydrogen-bond acceptors (Lipinski definition) is 4. The fourth-order valence-corrected chi connectivity index (χ4v) is 1.03. The van der Waals surface area contributed by atoms with Gasteiger partial charge in [-0.1, -0.05) is 39.2 Å². The van der Waals surface area contributed by atoms with E-state index in [-0.39, 0.29) is 19.1 Å². The first kappa shape index (κ1) is 15.2. The van der Waals surface area contributed by atoms with Crippen molar-refractivity contribution in [3.63, 3.8) is 0 Å². The van der Waals surface area contributed by atoms with Crippen molar-refractivity contribution in [2.24, 2.45) is 5.92 Å². The van der Waals surface area contributed by atoms with Crippen molar-refractivity contribution >= 4 is 12.1 Å². The van der Waals surface area contributed by atoms with Crippen molar-refractivity contribution in [2.45, 2.75) is 19.9 Å². The van der Waals surface area contributed by atoms with Gasteiger partial charge >= 0.3 is 12.1 Å². The van der Waals surface area contributed by atoms with Crippen LogP contribution in [0.1, 0.15) is 13.8 Å². The van der Waals surface area contributed by atoms with E-state index in [2.05, 4.69) is 18.5 Å². The van der Waals surface area contributed by atoms with Crippen molar-refractivity contribution in [3.8, 4) is 0 Å². The van der Waals surface area contributed by atoms with Gasteiger partial charge < -0.3 is 14.8 Å². The van der Waals surface area contributed by atoms with Crippen LogP contribution in [0.4, 0.5) is 4.79 Å². The van der Waals surface area contributed by atoms with Crippen molar-refractivity contribution in [2.75, 3.05) is 13.2 Å². The molecule has 0 spiro atoms. The molecule has 0 saturated carbocycles. The fourth-order valence-electron chi connectivity index (χ4n) is 1.03. The Morgan fingerprint density at radius 2 is 1.71 bits per heavy atom. The summed E-state index contributed by atoms with van der Waals surface area (Å²) < 4.78 is 9.60. The normalized spacial score (nSPS) is 11.5. The Labute approximate surface area is 101 Å². The number of ether oxygens (including phenoxy) is 2. The third-order valence-corrected chi connectivity index (χ3v) is 1.87. The SMILES string of the molecule is C=CCOC(=O)NC(C(=O)OCC=C)C(C)C. The molecular formula is C12H19NO4. The molecule has 0 aromatic rings. The highest BCUT2D eigenvalue weighted by Gasteiger charge is 2.25. The molecule has 0 aromatic heterocycles. The lowest BCUT2D eigenvalue weighted by Crippen LogP contribution is -2.45. The monoisotopic (exact) mass is 241 g/mol. The van der Waals surface area contributed by atoms with Crippen molar-refractivity contribution in [1.82, 2.24) is 5.32 Å². The Morgan fingerprint density at radius 3 is 2.18 bits per heavy atom. The third kappa shape index (κ3) is 6.40. The van der Waals surface area contributed by atoms with Gasteiger partial charge in [0.25, 0.3) is 0 Å². The Kier molecular flexibility index (Phi) is 7.50. The van der Waals surface area contributed by atoms with E-state index in [1.165, 1.54) is 12.2 Å². The molecule has 1 amide bonds. The number of rotatable bonds is 7. The molecule has 5 nitrogen and oxygen atoms in total. The topological polar surface area (TPSA) is 64.6 Å². The molecule has 0 heterocycles. The zero-order chi connectivity index (χ0) is 13.3. The zero-order valence-electron chi connectivity index (χ0n) is 10.3. The Balaban J connectivity index is 4.32. The number of nitrogens with one attached hydrogen (secondary N) is 1. The van der Waals surface area contributed by atoms with E-state index in [4.69, 9.17) is 9.47 Å². The van der Waals surface area contributed by atoms with Crippen LogP contribution in [-0.4, -0.2) is 31.3 Å². The highest BCUT2D eigenvalue weighted by atomic mass is 16.6. The number of hydrogen-bond donors (Lipinski definition) is 1. The highest BCUT2D eigenvalue weighted by Crippen LogP contribution is 2.04. The van der Waals surface area contributed by atoms with Crippen LogP contribution in [0.25, 0.3) is 0 Å². The summed E-state index contributed by atoms with van der Waals surface area (Å²) >= 11 is 0. The summed E-state index contributed by atoms with van der Waals surface area (Å²) in [6, 6.07) is -0.729. The molecule has 0 aliphatic rings. The summed E-state index contributed by atoms with van der Waals surface area (Å²) in [5.74, 6) is -0.598. The number of alkyl carbamates (subject to hydrolysis) is 1. The Hall–Kier alpha value is -1.78. The third-order valence-electron chi connectivity index (χ3n) is 1.87. The molecule has 0 aliphatic heterocycles. The van der Waals surface area contributed by atoms with E-state index in [0.29, 0.717) is 0 Å². The minimum absolute atomic E-state index is 0.0939. The van der Waals surface area contributed by atoms with Crippen molar-refractivity contribution in [3.05, 3.63) is 25.3 Å². The number of esters is 1. The first-order chi connectivity index (χ1) is 8.02. The van der Waals surface area contributed by atoms with E-state index in [1.54, 1.807) is 13.8 Å². The van der Waals surface area contributed by atoms with Gasteiger partial charge in [0.2, 0.25) is 0 Å². The van der Waals surface area contributed by atoms with Gasteiger partial charge in [0.05, 0.1) is 0 Å². The quantitative estimate of drug-likeness (QED) is 0.543. The van der Waals surface area contributed by atoms with Gasteiger partial charge in [0.1, 0.15) is 19.3 Å². The first-order valence-electron chi connectivity index (χ1n) is 5.34. The molecule has 1 N–H and O–H groups in total. The Morgan fingerprint density at radius 1 is 1.18 bits per heavy atom. The average molecular weight is 241 g/mol. The lowest BCUT2D eigenvalue weighted by atomic mass is 10.1. The molecule has 0 aliphatic carbocycles. The van der Waals surface area contributed by atoms with Crippen LogP contribution in [0, 0.1) is 5.92 Å². The minimum Gasteiger partial charge on any atom is -0.460 e. The van der Waals surface area contributed by atoms with E-state index in [9.17, 15) is 9.59 Å². The largest absolute Gasteiger partial charge is 0.460 e. The molecule has 0 fully saturated rings. The van der Waals surface area contributed by atoms with Crippen LogP contribution < -0.4 is 5.32 Å². The summed E-state index contributed by atoms with van der Waals surface area (Å²) in [5, 5.41) is 2.44. The van der Waals surface area contributed by atoms with E-state index < -0.39 is 18.1 Å². The number of carbonyl (C=O) groups is 2. The van der Waals surface area contributed by atoms with Crippen LogP contribution in [-0.2, 0) is 14.3 Å². The molecule has 96 valence electrons. The second-order valence-electron chi connectivity index (χ2n) is 3.67. The maximum Gasteiger partial charge on any atom is 0.408 e. The average Bonchev–Trinajstić information content (AvgIpc) is 2.29. The maximum absolute atomic E-state index is 11.6. The van der Waals surface area contributed by atoms with E-state index in [0.717, 1.165) is 0 Å². The van der Waals surface area contributed by atoms with E-state index in [1.807, 2.05) is 0 Å². The minimum atomic E-state index is -0.729. The molecule has 5 heteroatoms. The summed E-state index contributed by atoms with van der Waals surface area (Å²) in [7, 11) is 0. The standard InChI is InChI=1S/C12H19NO4/c1-5-7-16-11(14)10(9(3)4)13-12(15)17-8-6-2/h5-6,9-10H,1-2,7-8H2,3-4H3,(H,13,15). The number of carbonyl (C=O) groups excluding carboxylic acids is 2. The van der Waals surface area contributed by atoms with Gasteiger partial charge in [-0.05, 0) is 5.92 Å². The van der Waals surface area contributed by atoms with Gasteiger partial charge in [0.15, 0.2) is 0 Å². The van der Waals surface area contributed by atoms with Crippen molar-refractivity contribution < 1.29 is 19.1 Å². The van der Waals surface area contributed by atoms with Gasteiger partial charge in [-0.15, -0.1) is 0 Å². The van der Waals surface area contributed by atoms with Gasteiger partial charge in [-0.3, -0.25) is 0 Å². The molecule has 1 unspecified atom stereocenters. The second kappa shape index (κ2) is 8.38. The lowest BCUT2D eigenvalue weighted by Gasteiger charge is -2.19. The zero-order valence-corrected chi connectivity index (χ0v) is 10.3. The molecule has 0 rings (SSSR count). The summed E-state index contributed by atoms with van der Waals surface area (Å²) in [6.45, 7) is 10.7. The van der Waals surface area contributed by atoms with Crippen LogP contribution in [0.2, 0.25) is 0 Å². The van der Waals surface area contributed by atoms with Crippen LogP contribution in [0.3, 0.4) is 0 Å². The molecule has 17 heavy (non-hydrogen) atoms. The van der Waals surface area contributed by atoms with Gasteiger partial charge in [-0.2, -0.15) is 0 Å². The molecular weight excluding hydrogens is 222 g/mol. The lowest BCUT2D eigenvalue weighted by molar-refractivity contribution is -0.145. The summed E-state index contributed by atoms with van der Waals surface area (Å²) in [4.78, 5) is 22.9. The predicted octanol–water partition coefficient (Wildman–Crippen LogP) is 1.65. The van der Waals surface area contributed by atoms with Crippen LogP contribution >= 0.6 is 0 Å². The van der Waals surface area contributed by atoms with Crippen LogP contribution in [0.15, 0.2) is 25.3 Å². The van der Waals surface area contributed by atoms with Gasteiger partial charge in [-0.25, -0.2) is 9.59 Å². The van der Waals surface area contributed by atoms with Gasteiger partial charge in [0, 0.05) is 0 Å². The summed E-state index contributed by atoms with van der Waals surface area (Å²) in [5.41, 5.74) is 0. The number of amides is 1. The van der Waals surface area contributed by atoms with Crippen LogP contribution in [0.5, 0.6) is 0 Å². The highest BCUT2D eigenvalue weighted by molar-refractivity contribution is 5.81. The summed E-state index contributed by atoms with van der Waals surface area (Å²) in [6.07, 6.45) is 2.24. The molecule has 0 bridgehead atoms. The maximum atomic E-state index is 11.6. The molecule has 0 radical (unpaired) electrons. The van der Waals surface area contributed by atoms with E-state index >= 15 is 0 Å². The second-order valence-corrected chi connectivity index (χ2v) is 3.67. The smallest absolute Gasteiger partial charge is 0.408 e. The van der Waals surface area contributed by atoms with Crippen molar-refractivity contribution in [1.29, 1.82) is 0 Å². The Bertz CT molecular complexity index is 286. The predicted molar refractivity (Wildman–Crippen MR) is 64.5 cm³/mol. The molecule has 1 atom stereocenters. The molecule has 0 aromatic carbocycles.